The molecule has 1 aromatic heterocycles. The highest BCUT2D eigenvalue weighted by atomic mass is 16.5. The van der Waals surface area contributed by atoms with Crippen molar-refractivity contribution in [2.45, 2.75) is 128 Å². The van der Waals surface area contributed by atoms with E-state index in [0.717, 1.165) is 57.2 Å². The van der Waals surface area contributed by atoms with Gasteiger partial charge in [-0.15, -0.1) is 0 Å². The van der Waals surface area contributed by atoms with Gasteiger partial charge in [-0.3, -0.25) is 19.3 Å². The smallest absolute Gasteiger partial charge is 0.328 e. The number of likely N-dealkylation sites (tertiary alicyclic amines) is 1. The number of fused-ring (bicyclic) bond motifs is 1. The number of piperidine rings is 1. The van der Waals surface area contributed by atoms with Gasteiger partial charge >= 0.3 is 5.97 Å². The summed E-state index contributed by atoms with van der Waals surface area (Å²) in [5.41, 5.74) is 1.77. The first-order valence-corrected chi connectivity index (χ1v) is 20.0. The zero-order chi connectivity index (χ0) is 38.4. The number of ether oxygens (including phenoxy) is 2. The zero-order valence-electron chi connectivity index (χ0n) is 32.6. The van der Waals surface area contributed by atoms with Crippen LogP contribution < -0.4 is 30.5 Å². The summed E-state index contributed by atoms with van der Waals surface area (Å²) in [4.78, 5) is 67.9. The Balaban J connectivity index is 1.03. The number of carbonyl (C=O) groups excluding carboxylic acids is 4. The summed E-state index contributed by atoms with van der Waals surface area (Å²) >= 11 is 0. The molecule has 14 heteroatoms. The third kappa shape index (κ3) is 9.24. The normalized spacial score (nSPS) is 20.6. The SMILES string of the molecule is CC[C@@H]1C(=O)N(C)c2cnc(Nc3ccc(C(=O)NC4CCN(CC(=O)N[C@@H](CC(C)C)C(=O)OC5CCCC5)CC4)cc3OC)nc2N1C1CCCC1. The Morgan fingerprint density at radius 2 is 1.70 bits per heavy atom. The Morgan fingerprint density at radius 3 is 2.37 bits per heavy atom. The number of carbonyl (C=O) groups is 4. The van der Waals surface area contributed by atoms with Crippen LogP contribution in [-0.4, -0.2) is 103 Å². The van der Waals surface area contributed by atoms with Crippen molar-refractivity contribution in [3.05, 3.63) is 30.0 Å². The highest BCUT2D eigenvalue weighted by molar-refractivity contribution is 6.04. The van der Waals surface area contributed by atoms with E-state index in [1.807, 2.05) is 20.8 Å². The van der Waals surface area contributed by atoms with Crippen LogP contribution in [-0.2, 0) is 19.1 Å². The maximum atomic E-state index is 13.4. The van der Waals surface area contributed by atoms with Gasteiger partial charge in [-0.05, 0) is 88.3 Å². The predicted octanol–water partition coefficient (Wildman–Crippen LogP) is 4.94. The molecule has 3 fully saturated rings. The molecule has 0 unspecified atom stereocenters. The van der Waals surface area contributed by atoms with Crippen LogP contribution in [0.2, 0.25) is 0 Å². The molecule has 3 heterocycles. The Morgan fingerprint density at radius 1 is 1.00 bits per heavy atom. The highest BCUT2D eigenvalue weighted by Crippen LogP contribution is 2.40. The third-order valence-corrected chi connectivity index (χ3v) is 11.3. The Hall–Kier alpha value is -4.46. The number of hydrogen-bond acceptors (Lipinski definition) is 11. The van der Waals surface area contributed by atoms with Gasteiger partial charge in [0.25, 0.3) is 5.91 Å². The van der Waals surface area contributed by atoms with E-state index in [0.29, 0.717) is 67.4 Å². The van der Waals surface area contributed by atoms with Gasteiger partial charge in [-0.1, -0.05) is 33.6 Å². The largest absolute Gasteiger partial charge is 0.495 e. The predicted molar refractivity (Wildman–Crippen MR) is 207 cm³/mol. The lowest BCUT2D eigenvalue weighted by Gasteiger charge is -2.43. The first-order valence-electron chi connectivity index (χ1n) is 20.0. The van der Waals surface area contributed by atoms with Crippen LogP contribution in [0.1, 0.15) is 108 Å². The van der Waals surface area contributed by atoms with Gasteiger partial charge in [0.05, 0.1) is 25.5 Å². The maximum Gasteiger partial charge on any atom is 0.328 e. The number of hydrogen-bond donors (Lipinski definition) is 3. The summed E-state index contributed by atoms with van der Waals surface area (Å²) in [7, 11) is 3.34. The van der Waals surface area contributed by atoms with Crippen molar-refractivity contribution in [3.8, 4) is 5.75 Å². The van der Waals surface area contributed by atoms with Crippen LogP contribution in [0, 0.1) is 5.92 Å². The van der Waals surface area contributed by atoms with Gasteiger partial charge in [0.2, 0.25) is 17.8 Å². The average molecular weight is 747 g/mol. The van der Waals surface area contributed by atoms with Gasteiger partial charge in [0.1, 0.15) is 29.6 Å². The molecule has 54 heavy (non-hydrogen) atoms. The zero-order valence-corrected chi connectivity index (χ0v) is 32.6. The Kier molecular flexibility index (Phi) is 12.9. The molecule has 0 spiro atoms. The number of likely N-dealkylation sites (N-methyl/N-ethyl adjacent to an activating group) is 1. The first kappa shape index (κ1) is 39.2. The minimum absolute atomic E-state index is 0.0396. The molecule has 2 aliphatic heterocycles. The fourth-order valence-electron chi connectivity index (χ4n) is 8.38. The second-order valence-corrected chi connectivity index (χ2v) is 15.7. The minimum Gasteiger partial charge on any atom is -0.495 e. The third-order valence-electron chi connectivity index (χ3n) is 11.3. The van der Waals surface area contributed by atoms with Crippen LogP contribution in [0.5, 0.6) is 5.75 Å². The molecule has 2 saturated carbocycles. The molecular formula is C40H58N8O6. The van der Waals surface area contributed by atoms with Crippen molar-refractivity contribution >= 4 is 46.8 Å². The van der Waals surface area contributed by atoms with Crippen LogP contribution in [0.25, 0.3) is 0 Å². The number of methoxy groups -OCH3 is 1. The first-order chi connectivity index (χ1) is 26.0. The number of esters is 1. The van der Waals surface area contributed by atoms with Gasteiger partial charge in [-0.2, -0.15) is 4.98 Å². The van der Waals surface area contributed by atoms with E-state index in [2.05, 4.69) is 30.7 Å². The molecule has 0 radical (unpaired) electrons. The maximum absolute atomic E-state index is 13.4. The standard InChI is InChI=1S/C40H58N8O6/c1-6-32-38(51)46(4)33-23-41-40(45-36(33)48(32)28-11-7-8-12-28)44-30-16-15-26(22-34(30)53-5)37(50)42-27-17-19-47(20-18-27)24-35(49)43-31(21-25(2)3)39(52)54-29-13-9-10-14-29/h15-16,22-23,25,27-29,31-32H,6-14,17-21,24H2,1-5H3,(H,42,50)(H,43,49)(H,41,44,45)/t31-,32+/m0/s1. The van der Waals surface area contributed by atoms with Crippen molar-refractivity contribution < 1.29 is 28.7 Å². The quantitative estimate of drug-likeness (QED) is 0.225. The van der Waals surface area contributed by atoms with Gasteiger partial charge in [0.15, 0.2) is 5.82 Å². The lowest BCUT2D eigenvalue weighted by atomic mass is 10.0. The number of nitrogens with zero attached hydrogens (tertiary/aromatic N) is 5. The number of aromatic nitrogens is 2. The van der Waals surface area contributed by atoms with E-state index in [9.17, 15) is 19.2 Å². The monoisotopic (exact) mass is 746 g/mol. The van der Waals surface area contributed by atoms with Crippen LogP contribution >= 0.6 is 0 Å². The summed E-state index contributed by atoms with van der Waals surface area (Å²) < 4.78 is 11.4. The fraction of sp³-hybridized carbons (Fsp3) is 0.650. The summed E-state index contributed by atoms with van der Waals surface area (Å²) in [6, 6.07) is 4.54. The molecule has 6 rings (SSSR count). The average Bonchev–Trinajstić information content (AvgIpc) is 3.89. The lowest BCUT2D eigenvalue weighted by Crippen LogP contribution is -2.55. The number of benzene rings is 1. The van der Waals surface area contributed by atoms with E-state index in [4.69, 9.17) is 14.5 Å². The van der Waals surface area contributed by atoms with Crippen LogP contribution in [0.3, 0.4) is 0 Å². The van der Waals surface area contributed by atoms with Crippen molar-refractivity contribution in [3.63, 3.8) is 0 Å². The van der Waals surface area contributed by atoms with Crippen molar-refractivity contribution in [1.82, 2.24) is 25.5 Å². The molecule has 2 aromatic rings. The summed E-state index contributed by atoms with van der Waals surface area (Å²) in [5.74, 6) is 1.18. The van der Waals surface area contributed by atoms with E-state index >= 15 is 0 Å². The van der Waals surface area contributed by atoms with Crippen molar-refractivity contribution in [2.24, 2.45) is 5.92 Å². The van der Waals surface area contributed by atoms with Crippen molar-refractivity contribution in [2.75, 3.05) is 48.9 Å². The molecule has 1 aromatic carbocycles. The van der Waals surface area contributed by atoms with Crippen molar-refractivity contribution in [1.29, 1.82) is 0 Å². The van der Waals surface area contributed by atoms with Gasteiger partial charge in [0, 0.05) is 37.8 Å². The molecule has 1 saturated heterocycles. The molecule has 0 bridgehead atoms. The number of nitrogens with one attached hydrogen (secondary N) is 3. The Bertz CT molecular complexity index is 1650. The van der Waals surface area contributed by atoms with E-state index in [1.54, 1.807) is 43.5 Å². The summed E-state index contributed by atoms with van der Waals surface area (Å²) in [5, 5.41) is 9.36. The number of anilines is 4. The lowest BCUT2D eigenvalue weighted by molar-refractivity contribution is -0.153. The second kappa shape index (κ2) is 17.8. The summed E-state index contributed by atoms with van der Waals surface area (Å²) in [6.07, 6.45) is 12.6. The van der Waals surface area contributed by atoms with E-state index < -0.39 is 6.04 Å². The van der Waals surface area contributed by atoms with Crippen LogP contribution in [0.15, 0.2) is 24.4 Å². The molecule has 2 aliphatic carbocycles. The molecule has 3 amide bonds. The van der Waals surface area contributed by atoms with Gasteiger partial charge < -0.3 is 35.2 Å². The molecule has 3 N–H and O–H groups in total. The Labute approximate surface area is 319 Å². The van der Waals surface area contributed by atoms with Gasteiger partial charge in [-0.25, -0.2) is 9.78 Å². The number of rotatable bonds is 14. The van der Waals surface area contributed by atoms with E-state index in [-0.39, 0.29) is 60.4 Å². The fourth-order valence-corrected chi connectivity index (χ4v) is 8.38. The summed E-state index contributed by atoms with van der Waals surface area (Å²) in [6.45, 7) is 7.59. The van der Waals surface area contributed by atoms with Crippen LogP contribution in [0.4, 0.5) is 23.1 Å². The second-order valence-electron chi connectivity index (χ2n) is 15.7. The molecule has 2 atom stereocenters. The molecular weight excluding hydrogens is 688 g/mol. The molecule has 14 nitrogen and oxygen atoms in total. The molecule has 294 valence electrons. The van der Waals surface area contributed by atoms with E-state index in [1.165, 1.54) is 0 Å². The minimum atomic E-state index is -0.645. The number of amides is 3. The topological polar surface area (TPSA) is 158 Å². The molecule has 4 aliphatic rings. The highest BCUT2D eigenvalue weighted by Gasteiger charge is 2.41.